The second-order valence-electron chi connectivity index (χ2n) is 6.86. The Labute approximate surface area is 161 Å². The molecule has 142 valence electrons. The Morgan fingerprint density at radius 2 is 1.93 bits per heavy atom. The summed E-state index contributed by atoms with van der Waals surface area (Å²) in [7, 11) is 1.92. The smallest absolute Gasteiger partial charge is 0.212 e. The molecule has 2 aromatic heterocycles. The van der Waals surface area contributed by atoms with Crippen LogP contribution >= 0.6 is 0 Å². The van der Waals surface area contributed by atoms with Crippen LogP contribution in [0.15, 0.2) is 36.8 Å². The molecule has 0 radical (unpaired) electrons. The van der Waals surface area contributed by atoms with Crippen molar-refractivity contribution in [3.8, 4) is 17.2 Å². The predicted molar refractivity (Wildman–Crippen MR) is 99.5 cm³/mol. The van der Waals surface area contributed by atoms with Crippen LogP contribution in [0.3, 0.4) is 0 Å². The van der Waals surface area contributed by atoms with E-state index in [0.29, 0.717) is 29.9 Å². The molecule has 0 N–H and O–H groups in total. The summed E-state index contributed by atoms with van der Waals surface area (Å²) in [5, 5.41) is 17.7. The lowest BCUT2D eigenvalue weighted by Crippen LogP contribution is -2.34. The number of piperidine rings is 1. The molecule has 0 atom stereocenters. The zero-order valence-corrected chi connectivity index (χ0v) is 15.3. The molecule has 1 fully saturated rings. The molecule has 8 heteroatoms. The molecule has 1 aliphatic heterocycles. The van der Waals surface area contributed by atoms with Crippen molar-refractivity contribution in [1.29, 1.82) is 5.26 Å². The van der Waals surface area contributed by atoms with Crippen LogP contribution in [0, 0.1) is 23.1 Å². The van der Waals surface area contributed by atoms with E-state index in [1.54, 1.807) is 18.5 Å². The van der Waals surface area contributed by atoms with Crippen molar-refractivity contribution in [3.63, 3.8) is 0 Å². The Bertz CT molecular complexity index is 1030. The van der Waals surface area contributed by atoms with Gasteiger partial charge in [-0.2, -0.15) is 9.65 Å². The molecule has 3 aromatic rings. The maximum atomic E-state index is 14.4. The summed E-state index contributed by atoms with van der Waals surface area (Å²) < 4.78 is 29.5. The van der Waals surface area contributed by atoms with Crippen LogP contribution in [0.2, 0.25) is 0 Å². The van der Waals surface area contributed by atoms with E-state index in [1.165, 1.54) is 18.3 Å². The van der Waals surface area contributed by atoms with Crippen molar-refractivity contribution in [1.82, 2.24) is 19.7 Å². The molecule has 1 aliphatic rings. The number of hydrogen-bond acceptors (Lipinski definition) is 5. The third kappa shape index (κ3) is 3.20. The molecule has 4 rings (SSSR count). The van der Waals surface area contributed by atoms with E-state index in [2.05, 4.69) is 15.2 Å². The highest BCUT2D eigenvalue weighted by Crippen LogP contribution is 2.38. The Morgan fingerprint density at radius 3 is 2.54 bits per heavy atom. The van der Waals surface area contributed by atoms with Gasteiger partial charge in [0.2, 0.25) is 5.95 Å². The fourth-order valence-electron chi connectivity index (χ4n) is 3.79. The van der Waals surface area contributed by atoms with E-state index in [1.807, 2.05) is 22.6 Å². The van der Waals surface area contributed by atoms with Crippen LogP contribution in [0.4, 0.5) is 14.5 Å². The summed E-state index contributed by atoms with van der Waals surface area (Å²) in [6.45, 7) is 1.30. The van der Waals surface area contributed by atoms with Gasteiger partial charge in [-0.15, -0.1) is 10.2 Å². The van der Waals surface area contributed by atoms with Gasteiger partial charge >= 0.3 is 0 Å². The lowest BCUT2D eigenvalue weighted by atomic mass is 9.93. The largest absolute Gasteiger partial charge is 0.370 e. The van der Waals surface area contributed by atoms with Crippen molar-refractivity contribution >= 4 is 5.69 Å². The number of nitrogens with zero attached hydrogens (tertiary/aromatic N) is 6. The van der Waals surface area contributed by atoms with Crippen molar-refractivity contribution in [2.24, 2.45) is 7.05 Å². The monoisotopic (exact) mass is 380 g/mol. The maximum Gasteiger partial charge on any atom is 0.212 e. The number of aryl methyl sites for hydroxylation is 1. The Hall–Kier alpha value is -3.34. The third-order valence-electron chi connectivity index (χ3n) is 5.20. The summed E-state index contributed by atoms with van der Waals surface area (Å²) in [6, 6.07) is 7.73. The van der Waals surface area contributed by atoms with Gasteiger partial charge in [0.15, 0.2) is 0 Å². The molecule has 0 spiro atoms. The van der Waals surface area contributed by atoms with Crippen molar-refractivity contribution < 1.29 is 8.78 Å². The SMILES string of the molecule is Cn1cnnc1C1CCN(c2c(-c3ccc(F)nc3)ccc(F)c2C#N)CC1. The lowest BCUT2D eigenvalue weighted by Gasteiger charge is -2.35. The lowest BCUT2D eigenvalue weighted by molar-refractivity contribution is 0.473. The molecule has 0 amide bonds. The second kappa shape index (κ2) is 7.35. The van der Waals surface area contributed by atoms with Crippen LogP contribution in [0.5, 0.6) is 0 Å². The quantitative estimate of drug-likeness (QED) is 0.651. The average molecular weight is 380 g/mol. The Kier molecular flexibility index (Phi) is 4.74. The number of rotatable bonds is 3. The molecule has 0 bridgehead atoms. The van der Waals surface area contributed by atoms with Gasteiger partial charge in [-0.25, -0.2) is 9.37 Å². The first kappa shape index (κ1) is 18.0. The highest BCUT2D eigenvalue weighted by molar-refractivity contribution is 5.83. The number of aromatic nitrogens is 4. The Morgan fingerprint density at radius 1 is 1.14 bits per heavy atom. The summed E-state index contributed by atoms with van der Waals surface area (Å²) >= 11 is 0. The number of hydrogen-bond donors (Lipinski definition) is 0. The third-order valence-corrected chi connectivity index (χ3v) is 5.20. The molecular weight excluding hydrogens is 362 g/mol. The summed E-state index contributed by atoms with van der Waals surface area (Å²) in [4.78, 5) is 5.72. The fourth-order valence-corrected chi connectivity index (χ4v) is 3.79. The average Bonchev–Trinajstić information content (AvgIpc) is 3.14. The van der Waals surface area contributed by atoms with Gasteiger partial charge < -0.3 is 9.47 Å². The van der Waals surface area contributed by atoms with Gasteiger partial charge in [0, 0.05) is 43.4 Å². The normalized spacial score (nSPS) is 14.9. The zero-order valence-electron chi connectivity index (χ0n) is 15.3. The molecule has 0 aliphatic carbocycles. The summed E-state index contributed by atoms with van der Waals surface area (Å²) in [5.74, 6) is 0.0466. The van der Waals surface area contributed by atoms with Crippen LogP contribution in [0.1, 0.15) is 30.1 Å². The second-order valence-corrected chi connectivity index (χ2v) is 6.86. The first-order valence-corrected chi connectivity index (χ1v) is 9.02. The molecule has 6 nitrogen and oxygen atoms in total. The van der Waals surface area contributed by atoms with Crippen LogP contribution in [-0.4, -0.2) is 32.8 Å². The van der Waals surface area contributed by atoms with Crippen molar-refractivity contribution in [2.75, 3.05) is 18.0 Å². The number of nitriles is 1. The first-order valence-electron chi connectivity index (χ1n) is 9.02. The Balaban J connectivity index is 1.69. The summed E-state index contributed by atoms with van der Waals surface area (Å²) in [5.41, 5.74) is 1.84. The van der Waals surface area contributed by atoms with E-state index in [9.17, 15) is 14.0 Å². The molecule has 0 unspecified atom stereocenters. The number of halogens is 2. The highest BCUT2D eigenvalue weighted by Gasteiger charge is 2.28. The predicted octanol–water partition coefficient (Wildman–Crippen LogP) is 3.41. The van der Waals surface area contributed by atoms with E-state index in [4.69, 9.17) is 0 Å². The van der Waals surface area contributed by atoms with Gasteiger partial charge in [-0.05, 0) is 37.1 Å². The molecular formula is C20H18F2N6. The minimum Gasteiger partial charge on any atom is -0.370 e. The van der Waals surface area contributed by atoms with E-state index >= 15 is 0 Å². The van der Waals surface area contributed by atoms with Crippen molar-refractivity contribution in [2.45, 2.75) is 18.8 Å². The van der Waals surface area contributed by atoms with E-state index < -0.39 is 11.8 Å². The zero-order chi connectivity index (χ0) is 19.7. The van der Waals surface area contributed by atoms with Gasteiger partial charge in [0.1, 0.15) is 29.6 Å². The molecule has 1 saturated heterocycles. The first-order chi connectivity index (χ1) is 13.6. The fraction of sp³-hybridized carbons (Fsp3) is 0.300. The standard InChI is InChI=1S/C20H18F2N6/c1-27-12-25-26-20(27)13-6-8-28(9-7-13)19-15(3-4-17(21)16(19)10-23)14-2-5-18(22)24-11-14/h2-5,11-13H,6-9H2,1H3. The minimum atomic E-state index is -0.586. The van der Waals surface area contributed by atoms with Gasteiger partial charge in [0.05, 0.1) is 5.69 Å². The number of benzene rings is 1. The number of pyridine rings is 1. The highest BCUT2D eigenvalue weighted by atomic mass is 19.1. The van der Waals surface area contributed by atoms with Crippen LogP contribution < -0.4 is 4.90 Å². The van der Waals surface area contributed by atoms with Gasteiger partial charge in [-0.1, -0.05) is 0 Å². The van der Waals surface area contributed by atoms with Gasteiger partial charge in [-0.3, -0.25) is 0 Å². The van der Waals surface area contributed by atoms with Crippen LogP contribution in [-0.2, 0) is 7.05 Å². The van der Waals surface area contributed by atoms with Crippen LogP contribution in [0.25, 0.3) is 11.1 Å². The topological polar surface area (TPSA) is 70.6 Å². The molecule has 1 aromatic carbocycles. The number of anilines is 1. The molecule has 0 saturated carbocycles. The molecule has 28 heavy (non-hydrogen) atoms. The minimum absolute atomic E-state index is 0.000988. The summed E-state index contributed by atoms with van der Waals surface area (Å²) in [6.07, 6.45) is 4.71. The van der Waals surface area contributed by atoms with Crippen molar-refractivity contribution in [3.05, 3.63) is 59.9 Å². The van der Waals surface area contributed by atoms with Gasteiger partial charge in [0.25, 0.3) is 0 Å². The van der Waals surface area contributed by atoms with E-state index in [0.717, 1.165) is 18.7 Å². The maximum absolute atomic E-state index is 14.4. The molecule has 3 heterocycles. The van der Waals surface area contributed by atoms with E-state index in [-0.39, 0.29) is 11.5 Å².